The van der Waals surface area contributed by atoms with Crippen molar-refractivity contribution in [3.8, 4) is 11.5 Å². The lowest BCUT2D eigenvalue weighted by Crippen LogP contribution is -2.38. The summed E-state index contributed by atoms with van der Waals surface area (Å²) >= 11 is 6.25. The van der Waals surface area contributed by atoms with Gasteiger partial charge in [-0.3, -0.25) is 4.79 Å². The predicted octanol–water partition coefficient (Wildman–Crippen LogP) is 4.09. The SMILES string of the molecule is COc1cc(C(=O)OCC(=O)NC(C)C(C)C)cc(Cl)c1OCCC(C)C. The van der Waals surface area contributed by atoms with E-state index in [-0.39, 0.29) is 35.1 Å². The molecule has 0 aromatic heterocycles. The van der Waals surface area contributed by atoms with Crippen LogP contribution in [-0.4, -0.2) is 38.2 Å². The Labute approximate surface area is 166 Å². The van der Waals surface area contributed by atoms with Gasteiger partial charge in [-0.25, -0.2) is 4.79 Å². The molecule has 0 aliphatic carbocycles. The number of rotatable bonds is 10. The van der Waals surface area contributed by atoms with Crippen LogP contribution in [-0.2, 0) is 9.53 Å². The van der Waals surface area contributed by atoms with Gasteiger partial charge in [0.05, 0.1) is 24.3 Å². The van der Waals surface area contributed by atoms with E-state index in [1.54, 1.807) is 0 Å². The first kappa shape index (κ1) is 23.1. The molecule has 7 heteroatoms. The Morgan fingerprint density at radius 2 is 1.81 bits per heavy atom. The first-order valence-electron chi connectivity index (χ1n) is 9.12. The summed E-state index contributed by atoms with van der Waals surface area (Å²) < 4.78 is 16.0. The van der Waals surface area contributed by atoms with Gasteiger partial charge in [0.25, 0.3) is 5.91 Å². The molecule has 1 aromatic rings. The second-order valence-corrected chi connectivity index (χ2v) is 7.60. The average Bonchev–Trinajstić information content (AvgIpc) is 2.60. The topological polar surface area (TPSA) is 73.9 Å². The average molecular weight is 400 g/mol. The van der Waals surface area contributed by atoms with Gasteiger partial charge in [0.1, 0.15) is 0 Å². The van der Waals surface area contributed by atoms with Crippen molar-refractivity contribution in [2.24, 2.45) is 11.8 Å². The van der Waals surface area contributed by atoms with Gasteiger partial charge >= 0.3 is 5.97 Å². The Bertz CT molecular complexity index is 646. The number of nitrogens with one attached hydrogen (secondary N) is 1. The summed E-state index contributed by atoms with van der Waals surface area (Å²) in [4.78, 5) is 24.1. The first-order chi connectivity index (χ1) is 12.6. The maximum atomic E-state index is 12.2. The van der Waals surface area contributed by atoms with Gasteiger partial charge in [-0.05, 0) is 37.3 Å². The Morgan fingerprint density at radius 1 is 1.15 bits per heavy atom. The number of hydrogen-bond donors (Lipinski definition) is 1. The largest absolute Gasteiger partial charge is 0.493 e. The quantitative estimate of drug-likeness (QED) is 0.600. The van der Waals surface area contributed by atoms with Crippen LogP contribution in [0.25, 0.3) is 0 Å². The zero-order valence-corrected chi connectivity index (χ0v) is 17.7. The van der Waals surface area contributed by atoms with Crippen LogP contribution in [0.1, 0.15) is 51.4 Å². The van der Waals surface area contributed by atoms with Crippen LogP contribution in [0.5, 0.6) is 11.5 Å². The van der Waals surface area contributed by atoms with Gasteiger partial charge in [0.15, 0.2) is 18.1 Å². The third-order valence-corrected chi connectivity index (χ3v) is 4.41. The molecule has 0 spiro atoms. The van der Waals surface area contributed by atoms with E-state index in [9.17, 15) is 9.59 Å². The minimum atomic E-state index is -0.656. The molecule has 1 amide bonds. The third-order valence-electron chi connectivity index (χ3n) is 4.13. The monoisotopic (exact) mass is 399 g/mol. The molecule has 0 saturated heterocycles. The van der Waals surface area contributed by atoms with Gasteiger partial charge < -0.3 is 19.5 Å². The van der Waals surface area contributed by atoms with Crippen LogP contribution in [0.3, 0.4) is 0 Å². The number of halogens is 1. The highest BCUT2D eigenvalue weighted by Gasteiger charge is 2.18. The van der Waals surface area contributed by atoms with E-state index in [4.69, 9.17) is 25.8 Å². The molecule has 0 fully saturated rings. The molecule has 27 heavy (non-hydrogen) atoms. The van der Waals surface area contributed by atoms with Crippen molar-refractivity contribution in [1.29, 1.82) is 0 Å². The molecule has 0 aliphatic rings. The number of methoxy groups -OCH3 is 1. The molecule has 1 unspecified atom stereocenters. The molecule has 1 atom stereocenters. The lowest BCUT2D eigenvalue weighted by molar-refractivity contribution is -0.125. The predicted molar refractivity (Wildman–Crippen MR) is 106 cm³/mol. The Kier molecular flexibility index (Phi) is 9.43. The molecule has 152 valence electrons. The van der Waals surface area contributed by atoms with Crippen molar-refractivity contribution >= 4 is 23.5 Å². The summed E-state index contributed by atoms with van der Waals surface area (Å²) in [5.74, 6) is 0.507. The molecular formula is C20H30ClNO5. The number of carbonyl (C=O) groups excluding carboxylic acids is 2. The molecular weight excluding hydrogens is 370 g/mol. The lowest BCUT2D eigenvalue weighted by Gasteiger charge is -2.17. The number of esters is 1. The van der Waals surface area contributed by atoms with E-state index < -0.39 is 5.97 Å². The first-order valence-corrected chi connectivity index (χ1v) is 9.50. The maximum absolute atomic E-state index is 12.2. The van der Waals surface area contributed by atoms with E-state index >= 15 is 0 Å². The van der Waals surface area contributed by atoms with E-state index in [0.29, 0.717) is 24.0 Å². The van der Waals surface area contributed by atoms with Gasteiger partial charge in [0.2, 0.25) is 0 Å². The number of amides is 1. The summed E-state index contributed by atoms with van der Waals surface area (Å²) in [6, 6.07) is 2.94. The fraction of sp³-hybridized carbons (Fsp3) is 0.600. The van der Waals surface area contributed by atoms with E-state index in [1.807, 2.05) is 20.8 Å². The zero-order chi connectivity index (χ0) is 20.6. The van der Waals surface area contributed by atoms with Gasteiger partial charge in [-0.15, -0.1) is 0 Å². The van der Waals surface area contributed by atoms with Gasteiger partial charge in [-0.1, -0.05) is 39.3 Å². The van der Waals surface area contributed by atoms with Crippen molar-refractivity contribution in [2.75, 3.05) is 20.3 Å². The van der Waals surface area contributed by atoms with Crippen molar-refractivity contribution in [3.63, 3.8) is 0 Å². The highest BCUT2D eigenvalue weighted by atomic mass is 35.5. The van der Waals surface area contributed by atoms with E-state index in [1.165, 1.54) is 19.2 Å². The number of carbonyl (C=O) groups is 2. The van der Waals surface area contributed by atoms with Crippen LogP contribution >= 0.6 is 11.6 Å². The highest BCUT2D eigenvalue weighted by molar-refractivity contribution is 6.32. The molecule has 6 nitrogen and oxygen atoms in total. The molecule has 0 bridgehead atoms. The summed E-state index contributed by atoms with van der Waals surface area (Å²) in [5.41, 5.74) is 0.192. The summed E-state index contributed by atoms with van der Waals surface area (Å²) in [7, 11) is 1.47. The van der Waals surface area contributed by atoms with Gasteiger partial charge in [0, 0.05) is 6.04 Å². The molecule has 1 N–H and O–H groups in total. The van der Waals surface area contributed by atoms with Crippen LogP contribution in [0.4, 0.5) is 0 Å². The standard InChI is InChI=1S/C20H30ClNO5/c1-12(2)7-8-26-19-16(21)9-15(10-17(19)25-6)20(24)27-11-18(23)22-14(5)13(3)4/h9-10,12-14H,7-8,11H2,1-6H3,(H,22,23). The van der Waals surface area contributed by atoms with Crippen molar-refractivity contribution in [1.82, 2.24) is 5.32 Å². The minimum absolute atomic E-state index is 0.00647. The summed E-state index contributed by atoms with van der Waals surface area (Å²) in [5, 5.41) is 3.03. The van der Waals surface area contributed by atoms with E-state index in [2.05, 4.69) is 19.2 Å². The molecule has 1 aromatic carbocycles. The van der Waals surface area contributed by atoms with Gasteiger partial charge in [-0.2, -0.15) is 0 Å². The number of benzene rings is 1. The lowest BCUT2D eigenvalue weighted by atomic mass is 10.1. The highest BCUT2D eigenvalue weighted by Crippen LogP contribution is 2.36. The fourth-order valence-corrected chi connectivity index (χ4v) is 2.32. The third kappa shape index (κ3) is 7.67. The summed E-state index contributed by atoms with van der Waals surface area (Å²) in [6.07, 6.45) is 0.868. The van der Waals surface area contributed by atoms with Crippen molar-refractivity contribution < 1.29 is 23.8 Å². The molecule has 0 radical (unpaired) electrons. The molecule has 0 heterocycles. The maximum Gasteiger partial charge on any atom is 0.338 e. The van der Waals surface area contributed by atoms with Crippen LogP contribution in [0.15, 0.2) is 12.1 Å². The normalized spacial score (nSPS) is 12.0. The Balaban J connectivity index is 2.75. The van der Waals surface area contributed by atoms with Crippen LogP contribution in [0.2, 0.25) is 5.02 Å². The summed E-state index contributed by atoms with van der Waals surface area (Å²) in [6.45, 7) is 10.2. The molecule has 1 rings (SSSR count). The Morgan fingerprint density at radius 3 is 2.37 bits per heavy atom. The zero-order valence-electron chi connectivity index (χ0n) is 16.9. The van der Waals surface area contributed by atoms with E-state index in [0.717, 1.165) is 6.42 Å². The number of hydrogen-bond acceptors (Lipinski definition) is 5. The molecule has 0 aliphatic heterocycles. The molecule has 0 saturated carbocycles. The fourth-order valence-electron chi connectivity index (χ4n) is 2.05. The smallest absolute Gasteiger partial charge is 0.338 e. The second kappa shape index (κ2) is 11.0. The van der Waals surface area contributed by atoms with Crippen LogP contribution < -0.4 is 14.8 Å². The van der Waals surface area contributed by atoms with Crippen molar-refractivity contribution in [3.05, 3.63) is 22.7 Å². The Hall–Kier alpha value is -1.95. The van der Waals surface area contributed by atoms with Crippen LogP contribution in [0, 0.1) is 11.8 Å². The minimum Gasteiger partial charge on any atom is -0.493 e. The second-order valence-electron chi connectivity index (χ2n) is 7.20. The van der Waals surface area contributed by atoms with Crippen molar-refractivity contribution in [2.45, 2.75) is 47.1 Å². The number of ether oxygens (including phenoxy) is 3.